The van der Waals surface area contributed by atoms with E-state index < -0.39 is 5.82 Å². The molecule has 0 spiro atoms. The second-order valence-corrected chi connectivity index (χ2v) is 5.14. The Kier molecular flexibility index (Phi) is 4.84. The van der Waals surface area contributed by atoms with E-state index in [9.17, 15) is 4.39 Å². The summed E-state index contributed by atoms with van der Waals surface area (Å²) in [5.41, 5.74) is 6.34. The zero-order valence-corrected chi connectivity index (χ0v) is 12.6. The molecule has 0 bridgehead atoms. The van der Waals surface area contributed by atoms with Gasteiger partial charge in [0.2, 0.25) is 0 Å². The second-order valence-electron chi connectivity index (χ2n) is 4.22. The van der Waals surface area contributed by atoms with Crippen LogP contribution in [-0.4, -0.2) is 6.61 Å². The fourth-order valence-electron chi connectivity index (χ4n) is 1.60. The minimum Gasteiger partial charge on any atom is -0.491 e. The summed E-state index contributed by atoms with van der Waals surface area (Å²) in [5.74, 6) is 0.736. The number of ether oxygens (including phenoxy) is 2. The summed E-state index contributed by atoms with van der Waals surface area (Å²) < 4.78 is 25.4. The number of hydrogen-bond acceptors (Lipinski definition) is 3. The van der Waals surface area contributed by atoms with Crippen molar-refractivity contribution in [3.63, 3.8) is 0 Å². The maximum Gasteiger partial charge on any atom is 0.166 e. The fraction of sp³-hybridized carbons (Fsp3) is 0.200. The van der Waals surface area contributed by atoms with Gasteiger partial charge < -0.3 is 15.2 Å². The highest BCUT2D eigenvalue weighted by molar-refractivity contribution is 9.10. The lowest BCUT2D eigenvalue weighted by molar-refractivity contribution is 0.317. The molecule has 0 atom stereocenters. The number of benzene rings is 2. The molecule has 0 heterocycles. The molecule has 2 rings (SSSR count). The molecule has 2 aromatic carbocycles. The number of nitrogen functional groups attached to an aromatic ring is 1. The van der Waals surface area contributed by atoms with Gasteiger partial charge >= 0.3 is 0 Å². The molecule has 5 heteroatoms. The van der Waals surface area contributed by atoms with E-state index in [1.54, 1.807) is 30.3 Å². The van der Waals surface area contributed by atoms with Gasteiger partial charge in [-0.15, -0.1) is 0 Å². The Balaban J connectivity index is 2.20. The first-order chi connectivity index (χ1) is 9.60. The Morgan fingerprint density at radius 3 is 2.65 bits per heavy atom. The molecule has 0 saturated heterocycles. The smallest absolute Gasteiger partial charge is 0.166 e. The van der Waals surface area contributed by atoms with Crippen LogP contribution in [0.2, 0.25) is 0 Å². The van der Waals surface area contributed by atoms with Gasteiger partial charge in [-0.3, -0.25) is 0 Å². The highest BCUT2D eigenvalue weighted by Crippen LogP contribution is 2.32. The molecule has 0 aliphatic rings. The van der Waals surface area contributed by atoms with E-state index in [0.717, 1.165) is 6.42 Å². The van der Waals surface area contributed by atoms with Gasteiger partial charge in [0.05, 0.1) is 12.3 Å². The lowest BCUT2D eigenvalue weighted by Gasteiger charge is -2.11. The minimum atomic E-state index is -0.438. The fourth-order valence-corrected chi connectivity index (χ4v) is 1.93. The van der Waals surface area contributed by atoms with Crippen LogP contribution in [0.15, 0.2) is 40.9 Å². The maximum absolute atomic E-state index is 13.7. The van der Waals surface area contributed by atoms with Gasteiger partial charge in [0.15, 0.2) is 11.6 Å². The van der Waals surface area contributed by atoms with Crippen LogP contribution >= 0.6 is 15.9 Å². The molecular weight excluding hydrogens is 325 g/mol. The van der Waals surface area contributed by atoms with Gasteiger partial charge in [0.1, 0.15) is 11.5 Å². The van der Waals surface area contributed by atoms with Crippen LogP contribution in [0.25, 0.3) is 0 Å². The van der Waals surface area contributed by atoms with Crippen LogP contribution in [0.5, 0.6) is 17.2 Å². The predicted molar refractivity (Wildman–Crippen MR) is 80.8 cm³/mol. The molecule has 0 aromatic heterocycles. The third-order valence-electron chi connectivity index (χ3n) is 2.57. The summed E-state index contributed by atoms with van der Waals surface area (Å²) >= 11 is 3.20. The first-order valence-corrected chi connectivity index (χ1v) is 7.04. The van der Waals surface area contributed by atoms with E-state index in [-0.39, 0.29) is 5.75 Å². The molecule has 0 fully saturated rings. The monoisotopic (exact) mass is 339 g/mol. The van der Waals surface area contributed by atoms with Crippen LogP contribution in [0.1, 0.15) is 13.3 Å². The average molecular weight is 340 g/mol. The van der Waals surface area contributed by atoms with Crippen LogP contribution < -0.4 is 15.2 Å². The lowest BCUT2D eigenvalue weighted by Crippen LogP contribution is -1.99. The van der Waals surface area contributed by atoms with Gasteiger partial charge in [-0.1, -0.05) is 22.9 Å². The molecule has 2 N–H and O–H groups in total. The number of rotatable bonds is 5. The van der Waals surface area contributed by atoms with Crippen molar-refractivity contribution >= 4 is 21.6 Å². The molecule has 20 heavy (non-hydrogen) atoms. The van der Waals surface area contributed by atoms with Gasteiger partial charge in [0.25, 0.3) is 0 Å². The number of hydrogen-bond donors (Lipinski definition) is 1. The summed E-state index contributed by atoms with van der Waals surface area (Å²) in [6.07, 6.45) is 0.881. The van der Waals surface area contributed by atoms with Crippen molar-refractivity contribution in [2.24, 2.45) is 0 Å². The first-order valence-electron chi connectivity index (χ1n) is 6.25. The van der Waals surface area contributed by atoms with E-state index in [0.29, 0.717) is 28.3 Å². The van der Waals surface area contributed by atoms with Crippen molar-refractivity contribution in [2.45, 2.75) is 13.3 Å². The Morgan fingerprint density at radius 2 is 1.95 bits per heavy atom. The standard InChI is InChI=1S/C15H15BrFNO2/c1-2-7-19-15-9-11(4-5-13(15)18)20-14-6-3-10(16)8-12(14)17/h3-6,8-9H,2,7,18H2,1H3. The maximum atomic E-state index is 13.7. The molecule has 0 saturated carbocycles. The van der Waals surface area contributed by atoms with Gasteiger partial charge in [0, 0.05) is 10.5 Å². The predicted octanol–water partition coefficient (Wildman–Crippen LogP) is 4.75. The van der Waals surface area contributed by atoms with Crippen LogP contribution in [0.4, 0.5) is 10.1 Å². The molecule has 0 aliphatic heterocycles. The first kappa shape index (κ1) is 14.7. The molecule has 0 amide bonds. The summed E-state index contributed by atoms with van der Waals surface area (Å²) in [5, 5.41) is 0. The van der Waals surface area contributed by atoms with Gasteiger partial charge in [-0.05, 0) is 36.8 Å². The van der Waals surface area contributed by atoms with Crippen LogP contribution in [0.3, 0.4) is 0 Å². The normalized spacial score (nSPS) is 10.3. The van der Waals surface area contributed by atoms with Gasteiger partial charge in [-0.25, -0.2) is 4.39 Å². The van der Waals surface area contributed by atoms with E-state index in [2.05, 4.69) is 15.9 Å². The summed E-state index contributed by atoms with van der Waals surface area (Å²) in [7, 11) is 0. The average Bonchev–Trinajstić information content (AvgIpc) is 2.42. The third-order valence-corrected chi connectivity index (χ3v) is 3.06. The molecule has 0 radical (unpaired) electrons. The highest BCUT2D eigenvalue weighted by Gasteiger charge is 2.08. The Morgan fingerprint density at radius 1 is 1.15 bits per heavy atom. The number of anilines is 1. The minimum absolute atomic E-state index is 0.152. The molecule has 0 unspecified atom stereocenters. The van der Waals surface area contributed by atoms with E-state index in [1.807, 2.05) is 6.92 Å². The summed E-state index contributed by atoms with van der Waals surface area (Å²) in [6, 6.07) is 9.63. The number of nitrogens with two attached hydrogens (primary N) is 1. The SMILES string of the molecule is CCCOc1cc(Oc2ccc(Br)cc2F)ccc1N. The van der Waals surface area contributed by atoms with Crippen molar-refractivity contribution in [3.05, 3.63) is 46.7 Å². The van der Waals surface area contributed by atoms with Crippen molar-refractivity contribution in [2.75, 3.05) is 12.3 Å². The summed E-state index contributed by atoms with van der Waals surface area (Å²) in [4.78, 5) is 0. The highest BCUT2D eigenvalue weighted by atomic mass is 79.9. The van der Waals surface area contributed by atoms with E-state index >= 15 is 0 Å². The third kappa shape index (κ3) is 3.63. The zero-order chi connectivity index (χ0) is 14.5. The van der Waals surface area contributed by atoms with Crippen molar-refractivity contribution in [1.29, 1.82) is 0 Å². The molecule has 3 nitrogen and oxygen atoms in total. The quantitative estimate of drug-likeness (QED) is 0.799. The Hall–Kier alpha value is -1.75. The largest absolute Gasteiger partial charge is 0.491 e. The summed E-state index contributed by atoms with van der Waals surface area (Å²) in [6.45, 7) is 2.58. The second kappa shape index (κ2) is 6.61. The van der Waals surface area contributed by atoms with E-state index in [1.165, 1.54) is 6.07 Å². The molecular formula is C15H15BrFNO2. The zero-order valence-electron chi connectivity index (χ0n) is 11.0. The van der Waals surface area contributed by atoms with E-state index in [4.69, 9.17) is 15.2 Å². The Bertz CT molecular complexity index is 604. The van der Waals surface area contributed by atoms with Crippen molar-refractivity contribution < 1.29 is 13.9 Å². The molecule has 2 aromatic rings. The molecule has 0 aliphatic carbocycles. The number of halogens is 2. The lowest BCUT2D eigenvalue weighted by atomic mass is 10.2. The molecule has 106 valence electrons. The van der Waals surface area contributed by atoms with Gasteiger partial charge in [-0.2, -0.15) is 0 Å². The van der Waals surface area contributed by atoms with Crippen molar-refractivity contribution in [3.8, 4) is 17.2 Å². The van der Waals surface area contributed by atoms with Crippen LogP contribution in [-0.2, 0) is 0 Å². The Labute approximate surface area is 125 Å². The topological polar surface area (TPSA) is 44.5 Å². The van der Waals surface area contributed by atoms with Crippen molar-refractivity contribution in [1.82, 2.24) is 0 Å². The van der Waals surface area contributed by atoms with Crippen LogP contribution in [0, 0.1) is 5.82 Å².